The molecule has 0 aliphatic carbocycles. The largest absolute Gasteiger partial charge is 0.256 e. The number of fused-ring (bicyclic) bond motifs is 1. The maximum atomic E-state index is 4.50. The summed E-state index contributed by atoms with van der Waals surface area (Å²) in [4.78, 5) is 4.50. The first-order valence-corrected chi connectivity index (χ1v) is 8.16. The van der Waals surface area contributed by atoms with Gasteiger partial charge in [-0.2, -0.15) is 0 Å². The van der Waals surface area contributed by atoms with Crippen molar-refractivity contribution in [2.24, 2.45) is 0 Å². The van der Waals surface area contributed by atoms with Gasteiger partial charge < -0.3 is 0 Å². The van der Waals surface area contributed by atoms with Crippen LogP contribution in [-0.2, 0) is 6.42 Å². The molecule has 0 fully saturated rings. The van der Waals surface area contributed by atoms with Crippen molar-refractivity contribution in [1.29, 1.82) is 0 Å². The summed E-state index contributed by atoms with van der Waals surface area (Å²) < 4.78 is 0. The van der Waals surface area contributed by atoms with E-state index < -0.39 is 0 Å². The second-order valence-corrected chi connectivity index (χ2v) is 5.63. The molecule has 1 aromatic carbocycles. The Kier molecular flexibility index (Phi) is 6.56. The second-order valence-electron chi connectivity index (χ2n) is 5.63. The van der Waals surface area contributed by atoms with E-state index in [9.17, 15) is 0 Å². The fourth-order valence-electron chi connectivity index (χ4n) is 2.75. The Bertz CT molecular complexity index is 499. The SMILES string of the molecule is CCCCCCCCCCc1cccc2[c]ccnc12. The van der Waals surface area contributed by atoms with Crippen LogP contribution in [0.25, 0.3) is 10.9 Å². The quantitative estimate of drug-likeness (QED) is 0.530. The van der Waals surface area contributed by atoms with Gasteiger partial charge in [-0.15, -0.1) is 0 Å². The van der Waals surface area contributed by atoms with Crippen molar-refractivity contribution in [3.05, 3.63) is 42.1 Å². The van der Waals surface area contributed by atoms with Crippen molar-refractivity contribution >= 4 is 10.9 Å². The Hall–Kier alpha value is -1.37. The fraction of sp³-hybridized carbons (Fsp3) is 0.526. The van der Waals surface area contributed by atoms with Gasteiger partial charge >= 0.3 is 0 Å². The van der Waals surface area contributed by atoms with Crippen LogP contribution in [0.3, 0.4) is 0 Å². The second kappa shape index (κ2) is 8.73. The number of para-hydroxylation sites is 1. The summed E-state index contributed by atoms with van der Waals surface area (Å²) in [5.41, 5.74) is 2.52. The summed E-state index contributed by atoms with van der Waals surface area (Å²) in [5.74, 6) is 0. The summed E-state index contributed by atoms with van der Waals surface area (Å²) in [7, 11) is 0. The number of benzene rings is 1. The summed E-state index contributed by atoms with van der Waals surface area (Å²) in [6.45, 7) is 2.27. The van der Waals surface area contributed by atoms with Crippen LogP contribution >= 0.6 is 0 Å². The Morgan fingerprint density at radius 3 is 2.50 bits per heavy atom. The molecule has 0 saturated carbocycles. The smallest absolute Gasteiger partial charge is 0.0740 e. The van der Waals surface area contributed by atoms with Gasteiger partial charge in [-0.05, 0) is 30.5 Å². The van der Waals surface area contributed by atoms with Crippen LogP contribution in [0.1, 0.15) is 63.9 Å². The molecule has 107 valence electrons. The highest BCUT2D eigenvalue weighted by molar-refractivity contribution is 5.80. The van der Waals surface area contributed by atoms with Crippen LogP contribution in [0, 0.1) is 6.07 Å². The number of nitrogens with zero attached hydrogens (tertiary/aromatic N) is 1. The number of hydrogen-bond donors (Lipinski definition) is 0. The maximum absolute atomic E-state index is 4.50. The first-order chi connectivity index (χ1) is 9.92. The number of pyridine rings is 1. The first-order valence-electron chi connectivity index (χ1n) is 8.16. The van der Waals surface area contributed by atoms with E-state index in [1.165, 1.54) is 56.9 Å². The van der Waals surface area contributed by atoms with Gasteiger partial charge in [0.25, 0.3) is 0 Å². The average Bonchev–Trinajstić information content (AvgIpc) is 2.50. The van der Waals surface area contributed by atoms with Gasteiger partial charge in [0, 0.05) is 11.6 Å². The van der Waals surface area contributed by atoms with Gasteiger partial charge in [-0.25, -0.2) is 0 Å². The molecule has 0 bridgehead atoms. The van der Waals surface area contributed by atoms with Gasteiger partial charge in [0.15, 0.2) is 0 Å². The van der Waals surface area contributed by atoms with Crippen molar-refractivity contribution in [3.8, 4) is 0 Å². The van der Waals surface area contributed by atoms with Crippen LogP contribution < -0.4 is 0 Å². The number of aromatic nitrogens is 1. The topological polar surface area (TPSA) is 12.9 Å². The molecule has 0 saturated heterocycles. The van der Waals surface area contributed by atoms with Crippen molar-refractivity contribution in [3.63, 3.8) is 0 Å². The summed E-state index contributed by atoms with van der Waals surface area (Å²) in [6, 6.07) is 11.6. The van der Waals surface area contributed by atoms with Gasteiger partial charge in [-0.3, -0.25) is 4.98 Å². The lowest BCUT2D eigenvalue weighted by atomic mass is 10.0. The molecule has 0 aliphatic rings. The van der Waals surface area contributed by atoms with Crippen LogP contribution in [0.2, 0.25) is 0 Å². The van der Waals surface area contributed by atoms with E-state index in [4.69, 9.17) is 0 Å². The molecule has 0 N–H and O–H groups in total. The van der Waals surface area contributed by atoms with E-state index in [1.54, 1.807) is 0 Å². The van der Waals surface area contributed by atoms with Gasteiger partial charge in [0.05, 0.1) is 5.52 Å². The molecule has 0 aliphatic heterocycles. The lowest BCUT2D eigenvalue weighted by Crippen LogP contribution is -1.90. The molecule has 0 spiro atoms. The molecule has 0 amide bonds. The lowest BCUT2D eigenvalue weighted by molar-refractivity contribution is 0.576. The highest BCUT2D eigenvalue weighted by Gasteiger charge is 2.01. The Balaban J connectivity index is 1.71. The lowest BCUT2D eigenvalue weighted by Gasteiger charge is -2.05. The van der Waals surface area contributed by atoms with Crippen molar-refractivity contribution in [2.45, 2.75) is 64.7 Å². The molecule has 20 heavy (non-hydrogen) atoms. The van der Waals surface area contributed by atoms with E-state index in [2.05, 4.69) is 36.2 Å². The number of unbranched alkanes of at least 4 members (excludes halogenated alkanes) is 7. The van der Waals surface area contributed by atoms with Crippen LogP contribution in [0.4, 0.5) is 0 Å². The maximum Gasteiger partial charge on any atom is 0.0740 e. The zero-order valence-electron chi connectivity index (χ0n) is 12.7. The zero-order chi connectivity index (χ0) is 14.0. The molecular formula is C19H26N. The predicted molar refractivity (Wildman–Crippen MR) is 86.9 cm³/mol. The molecule has 1 aromatic heterocycles. The van der Waals surface area contributed by atoms with E-state index in [1.807, 2.05) is 12.3 Å². The number of rotatable bonds is 9. The molecule has 1 heterocycles. The third kappa shape index (κ3) is 4.63. The molecule has 2 aromatic rings. The molecule has 1 heteroatoms. The van der Waals surface area contributed by atoms with Crippen molar-refractivity contribution < 1.29 is 0 Å². The fourth-order valence-corrected chi connectivity index (χ4v) is 2.75. The summed E-state index contributed by atoms with van der Waals surface area (Å²) >= 11 is 0. The molecule has 1 nitrogen and oxygen atoms in total. The van der Waals surface area contributed by atoms with Crippen LogP contribution in [0.5, 0.6) is 0 Å². The summed E-state index contributed by atoms with van der Waals surface area (Å²) in [5, 5.41) is 1.14. The third-order valence-electron chi connectivity index (χ3n) is 3.94. The monoisotopic (exact) mass is 268 g/mol. The van der Waals surface area contributed by atoms with E-state index >= 15 is 0 Å². The minimum atomic E-state index is 1.14. The molecule has 1 radical (unpaired) electrons. The minimum absolute atomic E-state index is 1.14. The number of aryl methyl sites for hydroxylation is 1. The summed E-state index contributed by atoms with van der Waals surface area (Å²) in [6.07, 6.45) is 14.0. The third-order valence-corrected chi connectivity index (χ3v) is 3.94. The molecule has 0 unspecified atom stereocenters. The Labute approximate surface area is 123 Å². The Morgan fingerprint density at radius 2 is 1.70 bits per heavy atom. The van der Waals surface area contributed by atoms with Gasteiger partial charge in [-0.1, -0.05) is 70.1 Å². The molecule has 2 rings (SSSR count). The van der Waals surface area contributed by atoms with Gasteiger partial charge in [0.2, 0.25) is 0 Å². The molecule has 0 atom stereocenters. The van der Waals surface area contributed by atoms with Crippen LogP contribution in [-0.4, -0.2) is 4.98 Å². The highest BCUT2D eigenvalue weighted by atomic mass is 14.6. The minimum Gasteiger partial charge on any atom is -0.256 e. The zero-order valence-corrected chi connectivity index (χ0v) is 12.7. The van der Waals surface area contributed by atoms with E-state index in [-0.39, 0.29) is 0 Å². The molecular weight excluding hydrogens is 242 g/mol. The number of hydrogen-bond acceptors (Lipinski definition) is 1. The van der Waals surface area contributed by atoms with Crippen molar-refractivity contribution in [1.82, 2.24) is 4.98 Å². The van der Waals surface area contributed by atoms with E-state index in [0.717, 1.165) is 17.3 Å². The van der Waals surface area contributed by atoms with Gasteiger partial charge in [0.1, 0.15) is 0 Å². The normalized spacial score (nSPS) is 11.1. The van der Waals surface area contributed by atoms with E-state index in [0.29, 0.717) is 0 Å². The van der Waals surface area contributed by atoms with Crippen LogP contribution in [0.15, 0.2) is 30.5 Å². The van der Waals surface area contributed by atoms with Crippen molar-refractivity contribution in [2.75, 3.05) is 0 Å². The highest BCUT2D eigenvalue weighted by Crippen LogP contribution is 2.18. The first kappa shape index (κ1) is 15.0. The average molecular weight is 268 g/mol. The predicted octanol–water partition coefficient (Wildman–Crippen LogP) is 5.72. The Morgan fingerprint density at radius 1 is 0.950 bits per heavy atom. The standard InChI is InChI=1S/C19H26N/c1-2-3-4-5-6-7-8-9-12-17-13-10-14-18-15-11-16-20-19(17)18/h10-11,13-14,16H,2-9,12H2,1H3.